The molecule has 1 aromatic carbocycles. The van der Waals surface area contributed by atoms with Crippen molar-refractivity contribution >= 4 is 10.1 Å². The normalized spacial score (nSPS) is 16.3. The number of rotatable bonds is 5. The predicted octanol–water partition coefficient (Wildman–Crippen LogP) is 1.52. The molecule has 0 fully saturated rings. The van der Waals surface area contributed by atoms with Gasteiger partial charge in [-0.3, -0.25) is 10.0 Å². The van der Waals surface area contributed by atoms with Crippen LogP contribution < -0.4 is 5.53 Å². The molecule has 6 nitrogen and oxygen atoms in total. The molecule has 1 aromatic rings. The van der Waals surface area contributed by atoms with Crippen LogP contribution in [0.2, 0.25) is 0 Å². The van der Waals surface area contributed by atoms with Crippen molar-refractivity contribution in [1.82, 2.24) is 15.6 Å². The molecule has 0 bridgehead atoms. The number of alkyl halides is 2. The Morgan fingerprint density at radius 2 is 1.90 bits per heavy atom. The minimum atomic E-state index is -5.69. The first-order valence-electron chi connectivity index (χ1n) is 5.73. The average Bonchev–Trinajstić information content (AvgIpc) is 2.81. The van der Waals surface area contributed by atoms with E-state index in [1.165, 1.54) is 12.1 Å². The third kappa shape index (κ3) is 2.96. The summed E-state index contributed by atoms with van der Waals surface area (Å²) in [5.74, 6) is 0. The van der Waals surface area contributed by atoms with E-state index in [4.69, 9.17) is 0 Å². The zero-order chi connectivity index (χ0) is 15.7. The van der Waals surface area contributed by atoms with Crippen LogP contribution in [0.15, 0.2) is 42.2 Å². The molecule has 0 radical (unpaired) electrons. The van der Waals surface area contributed by atoms with Crippen molar-refractivity contribution in [2.24, 2.45) is 0 Å². The van der Waals surface area contributed by atoms with Crippen LogP contribution in [0.1, 0.15) is 5.56 Å². The van der Waals surface area contributed by atoms with E-state index >= 15 is 0 Å². The summed E-state index contributed by atoms with van der Waals surface area (Å²) >= 11 is 0. The lowest BCUT2D eigenvalue weighted by molar-refractivity contribution is -0.0253. The van der Waals surface area contributed by atoms with Crippen molar-refractivity contribution in [3.8, 4) is 0 Å². The van der Waals surface area contributed by atoms with E-state index in [9.17, 15) is 21.7 Å². The monoisotopic (exact) mass is 323 g/mol. The topological polar surface area (TPSA) is 61.9 Å². The highest BCUT2D eigenvalue weighted by Gasteiger charge is 2.54. The van der Waals surface area contributed by atoms with Crippen molar-refractivity contribution in [3.63, 3.8) is 0 Å². The van der Waals surface area contributed by atoms with Crippen molar-refractivity contribution in [2.45, 2.75) is 11.8 Å². The van der Waals surface area contributed by atoms with Crippen LogP contribution in [-0.2, 0) is 21.1 Å². The first-order valence-corrected chi connectivity index (χ1v) is 7.14. The van der Waals surface area contributed by atoms with Gasteiger partial charge < -0.3 is 0 Å². The molecule has 0 spiro atoms. The molecule has 0 unspecified atom stereocenters. The van der Waals surface area contributed by atoms with Crippen LogP contribution in [0.3, 0.4) is 0 Å². The second-order valence-electron chi connectivity index (χ2n) is 4.32. The summed E-state index contributed by atoms with van der Waals surface area (Å²) in [5.41, 5.74) is 2.37. The van der Waals surface area contributed by atoms with Gasteiger partial charge in [-0.25, -0.2) is 0 Å². The molecule has 1 N–H and O–H groups in total. The van der Waals surface area contributed by atoms with E-state index in [-0.39, 0.29) is 6.54 Å². The van der Waals surface area contributed by atoms with E-state index in [0.29, 0.717) is 0 Å². The fraction of sp³-hybridized carbons (Fsp3) is 0.273. The van der Waals surface area contributed by atoms with Crippen molar-refractivity contribution in [1.29, 1.82) is 0 Å². The third-order valence-corrected chi connectivity index (χ3v) is 3.81. The van der Waals surface area contributed by atoms with Gasteiger partial charge in [0, 0.05) is 13.2 Å². The second-order valence-corrected chi connectivity index (χ2v) is 5.87. The summed E-state index contributed by atoms with van der Waals surface area (Å²) in [6.07, 6.45) is 0.879. The van der Waals surface area contributed by atoms with E-state index < -0.39 is 21.1 Å². The standard InChI is InChI=1S/C11H12F3N3O3S/c1-16-10(11(12,13)21(18,19)20-14)8-17(15-16)7-9-5-3-2-4-6-9/h2-6,8,15H,7H2,1H3. The van der Waals surface area contributed by atoms with Gasteiger partial charge in [0.05, 0.1) is 6.54 Å². The summed E-state index contributed by atoms with van der Waals surface area (Å²) in [7, 11) is -4.51. The highest BCUT2D eigenvalue weighted by Crippen LogP contribution is 2.35. The fourth-order valence-corrected chi connectivity index (χ4v) is 2.33. The maximum Gasteiger partial charge on any atom is 0.414 e. The summed E-state index contributed by atoms with van der Waals surface area (Å²) in [6, 6.07) is 8.89. The van der Waals surface area contributed by atoms with Gasteiger partial charge >= 0.3 is 15.4 Å². The minimum absolute atomic E-state index is 0.210. The van der Waals surface area contributed by atoms with Crippen LogP contribution in [0.25, 0.3) is 0 Å². The lowest BCUT2D eigenvalue weighted by Crippen LogP contribution is -2.43. The van der Waals surface area contributed by atoms with Crippen molar-refractivity contribution < 1.29 is 26.1 Å². The van der Waals surface area contributed by atoms with Gasteiger partial charge in [-0.2, -0.15) is 17.2 Å². The molecular weight excluding hydrogens is 311 g/mol. The molecule has 0 aromatic heterocycles. The molecular formula is C11H12F3N3O3S. The van der Waals surface area contributed by atoms with Crippen molar-refractivity contribution in [3.05, 3.63) is 47.8 Å². The Kier molecular flexibility index (Phi) is 4.12. The smallest absolute Gasteiger partial charge is 0.292 e. The Balaban J connectivity index is 2.23. The van der Waals surface area contributed by atoms with Crippen LogP contribution in [0.5, 0.6) is 0 Å². The molecule has 2 rings (SSSR count). The summed E-state index contributed by atoms with van der Waals surface area (Å²) < 4.78 is 63.7. The largest absolute Gasteiger partial charge is 0.414 e. The summed E-state index contributed by atoms with van der Waals surface area (Å²) in [4.78, 5) is 0. The van der Waals surface area contributed by atoms with Crippen LogP contribution in [0, 0.1) is 0 Å². The quantitative estimate of drug-likeness (QED) is 0.886. The lowest BCUT2D eigenvalue weighted by atomic mass is 10.2. The highest BCUT2D eigenvalue weighted by molar-refractivity contribution is 7.87. The van der Waals surface area contributed by atoms with E-state index in [1.54, 1.807) is 30.3 Å². The first-order chi connectivity index (χ1) is 9.78. The number of halogens is 3. The number of hydrogen-bond donors (Lipinski definition) is 1. The molecule has 1 aliphatic rings. The zero-order valence-corrected chi connectivity index (χ0v) is 11.6. The molecule has 0 saturated carbocycles. The van der Waals surface area contributed by atoms with Gasteiger partial charge in [0.25, 0.3) is 0 Å². The number of hydrogen-bond acceptors (Lipinski definition) is 6. The van der Waals surface area contributed by atoms with Gasteiger partial charge in [0.2, 0.25) is 0 Å². The van der Waals surface area contributed by atoms with Crippen LogP contribution in [0.4, 0.5) is 13.3 Å². The van der Waals surface area contributed by atoms with E-state index in [0.717, 1.165) is 16.8 Å². The fourth-order valence-electron chi connectivity index (χ4n) is 1.81. The molecule has 10 heteroatoms. The van der Waals surface area contributed by atoms with E-state index in [2.05, 4.69) is 9.92 Å². The molecule has 21 heavy (non-hydrogen) atoms. The zero-order valence-electron chi connectivity index (χ0n) is 10.8. The molecule has 116 valence electrons. The number of nitrogens with one attached hydrogen (secondary N) is 1. The Morgan fingerprint density at radius 3 is 2.48 bits per heavy atom. The Labute approximate surface area is 119 Å². The molecule has 0 amide bonds. The number of hydrazine groups is 2. The molecule has 0 atom stereocenters. The van der Waals surface area contributed by atoms with Crippen molar-refractivity contribution in [2.75, 3.05) is 7.05 Å². The first kappa shape index (κ1) is 15.6. The molecule has 0 aliphatic carbocycles. The van der Waals surface area contributed by atoms with Gasteiger partial charge in [-0.05, 0) is 10.1 Å². The molecule has 1 aliphatic heterocycles. The maximum atomic E-state index is 13.7. The van der Waals surface area contributed by atoms with E-state index in [1.807, 2.05) is 0 Å². The average molecular weight is 323 g/mol. The summed E-state index contributed by atoms with van der Waals surface area (Å²) in [5, 5.41) is -2.50. The number of benzene rings is 1. The van der Waals surface area contributed by atoms with Crippen LogP contribution in [-0.4, -0.2) is 30.7 Å². The van der Waals surface area contributed by atoms with Gasteiger partial charge in [0.15, 0.2) is 0 Å². The molecule has 0 saturated heterocycles. The summed E-state index contributed by atoms with van der Waals surface area (Å²) in [6.45, 7) is 0.210. The Morgan fingerprint density at radius 1 is 1.29 bits per heavy atom. The lowest BCUT2D eigenvalue weighted by Gasteiger charge is -2.23. The Hall–Kier alpha value is -1.78. The predicted molar refractivity (Wildman–Crippen MR) is 67.0 cm³/mol. The second kappa shape index (κ2) is 5.54. The van der Waals surface area contributed by atoms with Gasteiger partial charge in [-0.1, -0.05) is 34.7 Å². The van der Waals surface area contributed by atoms with Gasteiger partial charge in [-0.15, -0.1) is 5.53 Å². The molecule has 1 heterocycles. The van der Waals surface area contributed by atoms with Gasteiger partial charge in [0.1, 0.15) is 5.70 Å². The number of nitrogens with zero attached hydrogens (tertiary/aromatic N) is 2. The SMILES string of the molecule is CN1NN(Cc2ccccc2)C=C1C(F)(F)S(=O)(=O)OF. The minimum Gasteiger partial charge on any atom is -0.292 e. The Bertz CT molecular complexity index is 637. The van der Waals surface area contributed by atoms with Crippen LogP contribution >= 0.6 is 0 Å². The highest BCUT2D eigenvalue weighted by atomic mass is 32.2. The third-order valence-electron chi connectivity index (χ3n) is 2.81. The maximum absolute atomic E-state index is 13.7.